The highest BCUT2D eigenvalue weighted by atomic mass is 19.4. The second-order valence-electron chi connectivity index (χ2n) is 4.09. The van der Waals surface area contributed by atoms with Gasteiger partial charge in [-0.05, 0) is 13.3 Å². The van der Waals surface area contributed by atoms with Crippen LogP contribution in [0.4, 0.5) is 13.2 Å². The molecule has 8 heteroatoms. The van der Waals surface area contributed by atoms with Crippen LogP contribution in [0.15, 0.2) is 4.52 Å². The molecular weight excluding hydrogens is 265 g/mol. The van der Waals surface area contributed by atoms with Gasteiger partial charge in [0.05, 0.1) is 0 Å². The van der Waals surface area contributed by atoms with Crippen molar-refractivity contribution in [2.75, 3.05) is 7.11 Å². The first-order valence-corrected chi connectivity index (χ1v) is 5.78. The summed E-state index contributed by atoms with van der Waals surface area (Å²) in [4.78, 5) is 14.9. The summed E-state index contributed by atoms with van der Waals surface area (Å²) < 4.78 is 46.6. The van der Waals surface area contributed by atoms with Crippen molar-refractivity contribution in [3.05, 3.63) is 11.7 Å². The van der Waals surface area contributed by atoms with E-state index in [1.54, 1.807) is 0 Å². The van der Waals surface area contributed by atoms with Gasteiger partial charge in [0.2, 0.25) is 17.5 Å². The number of ether oxygens (including phenoxy) is 1. The first kappa shape index (κ1) is 15.6. The van der Waals surface area contributed by atoms with Crippen molar-refractivity contribution >= 4 is 5.78 Å². The fraction of sp³-hybridized carbons (Fsp3) is 0.727. The van der Waals surface area contributed by atoms with Gasteiger partial charge in [-0.1, -0.05) is 18.5 Å². The summed E-state index contributed by atoms with van der Waals surface area (Å²) in [6.07, 6.45) is -3.97. The van der Waals surface area contributed by atoms with Crippen molar-refractivity contribution in [2.24, 2.45) is 0 Å². The normalized spacial score (nSPS) is 15.3. The number of methoxy groups -OCH3 is 1. The molecule has 108 valence electrons. The molecule has 0 spiro atoms. The number of aromatic nitrogens is 2. The van der Waals surface area contributed by atoms with Crippen molar-refractivity contribution in [1.29, 1.82) is 0 Å². The van der Waals surface area contributed by atoms with E-state index >= 15 is 0 Å². The number of hydrogen-bond acceptors (Lipinski definition) is 5. The number of Topliss-reactive ketones (excluding diaryl/α,β-unsaturated/α-hetero) is 1. The minimum absolute atomic E-state index is 0.154. The largest absolute Gasteiger partial charge is 0.450 e. The molecule has 0 bridgehead atoms. The molecule has 1 heterocycles. The smallest absolute Gasteiger partial charge is 0.373 e. The molecule has 1 rings (SSSR count). The quantitative estimate of drug-likeness (QED) is 0.801. The van der Waals surface area contributed by atoms with E-state index < -0.39 is 24.0 Å². The molecule has 1 aromatic heterocycles. The highest BCUT2D eigenvalue weighted by Crippen LogP contribution is 2.27. The lowest BCUT2D eigenvalue weighted by Gasteiger charge is -2.09. The Morgan fingerprint density at radius 2 is 2.11 bits per heavy atom. The molecule has 0 aliphatic carbocycles. The van der Waals surface area contributed by atoms with Crippen LogP contribution in [0.3, 0.4) is 0 Å². The van der Waals surface area contributed by atoms with Gasteiger partial charge in [-0.3, -0.25) is 4.79 Å². The number of rotatable bonds is 6. The van der Waals surface area contributed by atoms with Gasteiger partial charge in [-0.25, -0.2) is 0 Å². The highest BCUT2D eigenvalue weighted by molar-refractivity contribution is 5.89. The molecule has 5 nitrogen and oxygen atoms in total. The van der Waals surface area contributed by atoms with Gasteiger partial charge >= 0.3 is 6.18 Å². The van der Waals surface area contributed by atoms with Crippen LogP contribution in [0, 0.1) is 0 Å². The molecule has 0 N–H and O–H groups in total. The average molecular weight is 280 g/mol. The lowest BCUT2D eigenvalue weighted by molar-refractivity contribution is -0.172. The Labute approximate surface area is 108 Å². The summed E-state index contributed by atoms with van der Waals surface area (Å²) in [5, 5.41) is 3.56. The Morgan fingerprint density at radius 1 is 1.47 bits per heavy atom. The fourth-order valence-corrected chi connectivity index (χ4v) is 1.53. The maximum atomic E-state index is 12.3. The Hall–Kier alpha value is -1.44. The third-order valence-corrected chi connectivity index (χ3v) is 2.62. The molecule has 2 atom stereocenters. The van der Waals surface area contributed by atoms with Crippen molar-refractivity contribution < 1.29 is 27.2 Å². The van der Waals surface area contributed by atoms with Gasteiger partial charge < -0.3 is 9.26 Å². The number of nitrogens with zero attached hydrogens (tertiary/aromatic N) is 2. The summed E-state index contributed by atoms with van der Waals surface area (Å²) in [6.45, 7) is 3.00. The van der Waals surface area contributed by atoms with E-state index in [2.05, 4.69) is 10.1 Å². The molecule has 0 aliphatic heterocycles. The molecule has 0 aromatic carbocycles. The molecule has 0 saturated carbocycles. The van der Waals surface area contributed by atoms with Crippen LogP contribution in [-0.2, 0) is 9.53 Å². The molecule has 0 radical (unpaired) electrons. The van der Waals surface area contributed by atoms with E-state index in [4.69, 9.17) is 9.26 Å². The first-order valence-electron chi connectivity index (χ1n) is 5.78. The van der Waals surface area contributed by atoms with E-state index in [-0.39, 0.29) is 11.7 Å². The summed E-state index contributed by atoms with van der Waals surface area (Å²) in [5.74, 6) is -3.62. The SMILES string of the molecule is CCCC(OC)c1noc(C(C)C(=O)C(F)(F)F)n1. The van der Waals surface area contributed by atoms with Crippen LogP contribution in [-0.4, -0.2) is 29.2 Å². The zero-order chi connectivity index (χ0) is 14.6. The van der Waals surface area contributed by atoms with Crippen molar-refractivity contribution in [3.8, 4) is 0 Å². The second-order valence-corrected chi connectivity index (χ2v) is 4.09. The molecule has 0 saturated heterocycles. The van der Waals surface area contributed by atoms with E-state index in [9.17, 15) is 18.0 Å². The fourth-order valence-electron chi connectivity index (χ4n) is 1.53. The third-order valence-electron chi connectivity index (χ3n) is 2.62. The minimum atomic E-state index is -4.92. The molecule has 0 amide bonds. The molecule has 19 heavy (non-hydrogen) atoms. The van der Waals surface area contributed by atoms with Crippen molar-refractivity contribution in [2.45, 2.75) is 44.9 Å². The van der Waals surface area contributed by atoms with Gasteiger partial charge in [0.1, 0.15) is 12.0 Å². The summed E-state index contributed by atoms with van der Waals surface area (Å²) >= 11 is 0. The number of ketones is 1. The van der Waals surface area contributed by atoms with Gasteiger partial charge in [0.15, 0.2) is 0 Å². The Kier molecular flexibility index (Phi) is 5.04. The van der Waals surface area contributed by atoms with E-state index in [0.29, 0.717) is 6.42 Å². The number of alkyl halides is 3. The van der Waals surface area contributed by atoms with Crippen molar-refractivity contribution in [3.63, 3.8) is 0 Å². The maximum Gasteiger partial charge on any atom is 0.450 e. The number of hydrogen-bond donors (Lipinski definition) is 0. The van der Waals surface area contributed by atoms with Gasteiger partial charge in [0, 0.05) is 7.11 Å². The molecule has 0 fully saturated rings. The van der Waals surface area contributed by atoms with Gasteiger partial charge in [0.25, 0.3) is 0 Å². The summed E-state index contributed by atoms with van der Waals surface area (Å²) in [5.41, 5.74) is 0. The van der Waals surface area contributed by atoms with Gasteiger partial charge in [-0.2, -0.15) is 18.2 Å². The molecule has 2 unspecified atom stereocenters. The van der Waals surface area contributed by atoms with E-state index in [1.807, 2.05) is 6.92 Å². The summed E-state index contributed by atoms with van der Waals surface area (Å²) in [6, 6.07) is 0. The molecule has 0 aliphatic rings. The average Bonchev–Trinajstić information content (AvgIpc) is 2.82. The predicted molar refractivity (Wildman–Crippen MR) is 58.4 cm³/mol. The van der Waals surface area contributed by atoms with Crippen LogP contribution in [0.5, 0.6) is 0 Å². The standard InChI is InChI=1S/C11H15F3N2O3/c1-4-5-7(18-3)9-15-10(19-16-9)6(2)8(17)11(12,13)14/h6-7H,4-5H2,1-3H3. The van der Waals surface area contributed by atoms with Crippen molar-refractivity contribution in [1.82, 2.24) is 10.1 Å². The molecular formula is C11H15F3N2O3. The lowest BCUT2D eigenvalue weighted by atomic mass is 10.1. The molecule has 1 aromatic rings. The zero-order valence-electron chi connectivity index (χ0n) is 10.8. The van der Waals surface area contributed by atoms with Crippen LogP contribution in [0.2, 0.25) is 0 Å². The number of carbonyl (C=O) groups excluding carboxylic acids is 1. The minimum Gasteiger partial charge on any atom is -0.373 e. The van der Waals surface area contributed by atoms with E-state index in [1.165, 1.54) is 7.11 Å². The van der Waals surface area contributed by atoms with Crippen LogP contribution >= 0.6 is 0 Å². The van der Waals surface area contributed by atoms with Crippen LogP contribution < -0.4 is 0 Å². The topological polar surface area (TPSA) is 65.2 Å². The van der Waals surface area contributed by atoms with Crippen LogP contribution in [0.25, 0.3) is 0 Å². The Morgan fingerprint density at radius 3 is 2.58 bits per heavy atom. The number of carbonyl (C=O) groups is 1. The monoisotopic (exact) mass is 280 g/mol. The maximum absolute atomic E-state index is 12.3. The second kappa shape index (κ2) is 6.14. The van der Waals surface area contributed by atoms with Gasteiger partial charge in [-0.15, -0.1) is 0 Å². The zero-order valence-corrected chi connectivity index (χ0v) is 10.8. The van der Waals surface area contributed by atoms with E-state index in [0.717, 1.165) is 13.3 Å². The predicted octanol–water partition coefficient (Wildman–Crippen LogP) is 2.79. The third kappa shape index (κ3) is 3.76. The Balaban J connectivity index is 2.87. The first-order chi connectivity index (χ1) is 8.81. The van der Waals surface area contributed by atoms with Crippen LogP contribution in [0.1, 0.15) is 50.4 Å². The lowest BCUT2D eigenvalue weighted by Crippen LogP contribution is -2.27. The highest BCUT2D eigenvalue weighted by Gasteiger charge is 2.44. The number of halogens is 3. The Bertz CT molecular complexity index is 431. The summed E-state index contributed by atoms with van der Waals surface area (Å²) in [7, 11) is 1.45.